The number of benzene rings is 2. The van der Waals surface area contributed by atoms with Gasteiger partial charge in [0.05, 0.1) is 12.6 Å². The average molecular weight is 284 g/mol. The van der Waals surface area contributed by atoms with Gasteiger partial charge in [-0.15, -0.1) is 0 Å². The molecule has 0 saturated carbocycles. The van der Waals surface area contributed by atoms with Crippen LogP contribution in [-0.2, 0) is 0 Å². The van der Waals surface area contributed by atoms with E-state index in [1.807, 2.05) is 30.3 Å². The molecule has 0 radical (unpaired) electrons. The summed E-state index contributed by atoms with van der Waals surface area (Å²) in [6.45, 7) is 0.464. The van der Waals surface area contributed by atoms with Gasteiger partial charge < -0.3 is 14.5 Å². The molecule has 1 aliphatic heterocycles. The molecule has 4 nitrogen and oxygen atoms in total. The van der Waals surface area contributed by atoms with Gasteiger partial charge in [-0.05, 0) is 18.2 Å². The largest absolute Gasteiger partial charge is 0.490 e. The summed E-state index contributed by atoms with van der Waals surface area (Å²) in [5, 5.41) is 3.23. The number of ether oxygens (including phenoxy) is 1. The standard InChI is InChI=1S/C16H13FN2O2/c17-11-5-3-4-10-12(8-9-20-15(10)11)18-16-19-13-6-1-2-7-14(13)21-16/h1-7,12H,8-9H2,(H,18,19)/t12-/m0/s1. The number of anilines is 1. The third-order valence-electron chi connectivity index (χ3n) is 3.62. The molecule has 106 valence electrons. The summed E-state index contributed by atoms with van der Waals surface area (Å²) in [6, 6.07) is 12.9. The van der Waals surface area contributed by atoms with Crippen molar-refractivity contribution >= 4 is 17.1 Å². The van der Waals surface area contributed by atoms with Crippen LogP contribution in [0.25, 0.3) is 11.1 Å². The van der Waals surface area contributed by atoms with Gasteiger partial charge >= 0.3 is 0 Å². The first-order valence-corrected chi connectivity index (χ1v) is 6.84. The quantitative estimate of drug-likeness (QED) is 0.775. The molecule has 3 aromatic rings. The number of hydrogen-bond donors (Lipinski definition) is 1. The molecule has 0 saturated heterocycles. The van der Waals surface area contributed by atoms with E-state index in [0.29, 0.717) is 18.4 Å². The molecular weight excluding hydrogens is 271 g/mol. The minimum Gasteiger partial charge on any atom is -0.490 e. The van der Waals surface area contributed by atoms with Crippen LogP contribution in [0, 0.1) is 5.82 Å². The minimum absolute atomic E-state index is 0.0717. The van der Waals surface area contributed by atoms with Crippen molar-refractivity contribution in [2.45, 2.75) is 12.5 Å². The van der Waals surface area contributed by atoms with Crippen molar-refractivity contribution in [3.05, 3.63) is 53.8 Å². The molecule has 4 rings (SSSR count). The van der Waals surface area contributed by atoms with Crippen molar-refractivity contribution < 1.29 is 13.5 Å². The number of rotatable bonds is 2. The average Bonchev–Trinajstić information content (AvgIpc) is 2.90. The predicted molar refractivity (Wildman–Crippen MR) is 76.9 cm³/mol. The van der Waals surface area contributed by atoms with Gasteiger partial charge in [-0.25, -0.2) is 4.39 Å². The van der Waals surface area contributed by atoms with Crippen LogP contribution >= 0.6 is 0 Å². The summed E-state index contributed by atoms with van der Waals surface area (Å²) in [6.07, 6.45) is 0.731. The van der Waals surface area contributed by atoms with Gasteiger partial charge in [-0.1, -0.05) is 24.3 Å². The van der Waals surface area contributed by atoms with E-state index in [-0.39, 0.29) is 11.9 Å². The van der Waals surface area contributed by atoms with Crippen molar-refractivity contribution in [3.63, 3.8) is 0 Å². The lowest BCUT2D eigenvalue weighted by molar-refractivity contribution is 0.259. The van der Waals surface area contributed by atoms with E-state index >= 15 is 0 Å². The number of nitrogens with zero attached hydrogens (tertiary/aromatic N) is 1. The van der Waals surface area contributed by atoms with E-state index in [2.05, 4.69) is 10.3 Å². The SMILES string of the molecule is Fc1cccc2c1OCC[C@@H]2Nc1nc2ccccc2o1. The van der Waals surface area contributed by atoms with Gasteiger partial charge in [0.1, 0.15) is 5.52 Å². The third-order valence-corrected chi connectivity index (χ3v) is 3.62. The molecule has 1 aliphatic rings. The molecule has 1 aromatic heterocycles. The van der Waals surface area contributed by atoms with Gasteiger partial charge in [0, 0.05) is 12.0 Å². The number of para-hydroxylation sites is 3. The molecule has 0 amide bonds. The first-order chi connectivity index (χ1) is 10.3. The number of aromatic nitrogens is 1. The van der Waals surface area contributed by atoms with Crippen molar-refractivity contribution in [2.24, 2.45) is 0 Å². The Bertz CT molecular complexity index is 767. The highest BCUT2D eigenvalue weighted by Gasteiger charge is 2.25. The van der Waals surface area contributed by atoms with Gasteiger partial charge in [-0.3, -0.25) is 0 Å². The van der Waals surface area contributed by atoms with Crippen molar-refractivity contribution in [1.82, 2.24) is 4.98 Å². The van der Waals surface area contributed by atoms with Crippen LogP contribution < -0.4 is 10.1 Å². The number of fused-ring (bicyclic) bond motifs is 2. The van der Waals surface area contributed by atoms with E-state index < -0.39 is 0 Å². The lowest BCUT2D eigenvalue weighted by Gasteiger charge is -2.26. The Morgan fingerprint density at radius 3 is 2.95 bits per heavy atom. The Labute approximate surface area is 120 Å². The highest BCUT2D eigenvalue weighted by atomic mass is 19.1. The second-order valence-electron chi connectivity index (χ2n) is 4.98. The highest BCUT2D eigenvalue weighted by molar-refractivity contribution is 5.74. The molecule has 2 heterocycles. The maximum atomic E-state index is 13.8. The Balaban J connectivity index is 1.68. The van der Waals surface area contributed by atoms with Gasteiger partial charge in [0.2, 0.25) is 0 Å². The van der Waals surface area contributed by atoms with Gasteiger partial charge in [0.25, 0.3) is 6.01 Å². The zero-order chi connectivity index (χ0) is 14.2. The van der Waals surface area contributed by atoms with Crippen LogP contribution in [-0.4, -0.2) is 11.6 Å². The van der Waals surface area contributed by atoms with Gasteiger partial charge in [-0.2, -0.15) is 4.98 Å². The smallest absolute Gasteiger partial charge is 0.296 e. The summed E-state index contributed by atoms with van der Waals surface area (Å²) >= 11 is 0. The number of oxazole rings is 1. The van der Waals surface area contributed by atoms with E-state index in [1.165, 1.54) is 6.07 Å². The number of halogens is 1. The molecule has 0 aliphatic carbocycles. The van der Waals surface area contributed by atoms with E-state index in [1.54, 1.807) is 6.07 Å². The fraction of sp³-hybridized carbons (Fsp3) is 0.188. The van der Waals surface area contributed by atoms with Crippen LogP contribution in [0.1, 0.15) is 18.0 Å². The Kier molecular flexibility index (Phi) is 2.77. The monoisotopic (exact) mass is 284 g/mol. The Morgan fingerprint density at radius 2 is 2.05 bits per heavy atom. The lowest BCUT2D eigenvalue weighted by Crippen LogP contribution is -2.21. The van der Waals surface area contributed by atoms with E-state index in [9.17, 15) is 4.39 Å². The van der Waals surface area contributed by atoms with Gasteiger partial charge in [0.15, 0.2) is 17.1 Å². The summed E-state index contributed by atoms with van der Waals surface area (Å²) in [5.41, 5.74) is 2.32. The molecular formula is C16H13FN2O2. The highest BCUT2D eigenvalue weighted by Crippen LogP contribution is 2.36. The zero-order valence-electron chi connectivity index (χ0n) is 11.2. The van der Waals surface area contributed by atoms with Crippen LogP contribution in [0.4, 0.5) is 10.4 Å². The first-order valence-electron chi connectivity index (χ1n) is 6.84. The number of hydrogen-bond acceptors (Lipinski definition) is 4. The lowest BCUT2D eigenvalue weighted by atomic mass is 10.0. The van der Waals surface area contributed by atoms with Crippen molar-refractivity contribution in [2.75, 3.05) is 11.9 Å². The maximum Gasteiger partial charge on any atom is 0.296 e. The van der Waals surface area contributed by atoms with E-state index in [0.717, 1.165) is 23.1 Å². The second-order valence-corrected chi connectivity index (χ2v) is 4.98. The Hall–Kier alpha value is -2.56. The molecule has 21 heavy (non-hydrogen) atoms. The van der Waals surface area contributed by atoms with E-state index in [4.69, 9.17) is 9.15 Å². The second kappa shape index (κ2) is 4.77. The summed E-state index contributed by atoms with van der Waals surface area (Å²) in [4.78, 5) is 4.39. The summed E-state index contributed by atoms with van der Waals surface area (Å²) in [5.74, 6) is -0.0195. The molecule has 2 aromatic carbocycles. The topological polar surface area (TPSA) is 47.3 Å². The molecule has 1 N–H and O–H groups in total. The minimum atomic E-state index is -0.337. The molecule has 0 bridgehead atoms. The van der Waals surface area contributed by atoms with Crippen LogP contribution in [0.2, 0.25) is 0 Å². The fourth-order valence-corrected chi connectivity index (χ4v) is 2.62. The molecule has 1 atom stereocenters. The first kappa shape index (κ1) is 12.2. The normalized spacial score (nSPS) is 17.3. The molecule has 0 unspecified atom stereocenters. The summed E-state index contributed by atoms with van der Waals surface area (Å²) in [7, 11) is 0. The zero-order valence-corrected chi connectivity index (χ0v) is 11.2. The Morgan fingerprint density at radius 1 is 1.14 bits per heavy atom. The third kappa shape index (κ3) is 2.11. The molecule has 0 spiro atoms. The van der Waals surface area contributed by atoms with Crippen LogP contribution in [0.15, 0.2) is 46.9 Å². The van der Waals surface area contributed by atoms with Crippen LogP contribution in [0.3, 0.4) is 0 Å². The molecule has 0 fully saturated rings. The maximum absolute atomic E-state index is 13.8. The fourth-order valence-electron chi connectivity index (χ4n) is 2.62. The molecule has 5 heteroatoms. The summed E-state index contributed by atoms with van der Waals surface area (Å²) < 4.78 is 24.8. The van der Waals surface area contributed by atoms with Crippen molar-refractivity contribution in [1.29, 1.82) is 0 Å². The number of nitrogens with one attached hydrogen (secondary N) is 1. The van der Waals surface area contributed by atoms with Crippen molar-refractivity contribution in [3.8, 4) is 5.75 Å². The predicted octanol–water partition coefficient (Wildman–Crippen LogP) is 3.90. The van der Waals surface area contributed by atoms with Crippen LogP contribution in [0.5, 0.6) is 5.75 Å².